The molecule has 350 valence electrons. The number of rotatable bonds is 13. The Balaban J connectivity index is 1.36. The first-order chi connectivity index (χ1) is 30.5. The van der Waals surface area contributed by atoms with Crippen LogP contribution in [0.3, 0.4) is 0 Å². The molecule has 3 saturated heterocycles. The zero-order valence-corrected chi connectivity index (χ0v) is 39.0. The second kappa shape index (κ2) is 18.3. The number of aromatic nitrogens is 2. The summed E-state index contributed by atoms with van der Waals surface area (Å²) in [7, 11) is 2.69. The average Bonchev–Trinajstić information content (AvgIpc) is 4.02. The van der Waals surface area contributed by atoms with Crippen molar-refractivity contribution in [2.45, 2.75) is 128 Å². The quantitative estimate of drug-likeness (QED) is 0.162. The molecule has 0 bridgehead atoms. The van der Waals surface area contributed by atoms with Crippen LogP contribution in [-0.4, -0.2) is 115 Å². The third-order valence-corrected chi connectivity index (χ3v) is 13.9. The largest absolute Gasteiger partial charge is 0.465 e. The zero-order chi connectivity index (χ0) is 47.9. The smallest absolute Gasteiger partial charge is 0.407 e. The number of hydrogen-bond donors (Lipinski definition) is 4. The van der Waals surface area contributed by atoms with Gasteiger partial charge in [0.25, 0.3) is 0 Å². The van der Waals surface area contributed by atoms with Crippen molar-refractivity contribution >= 4 is 41.5 Å². The molecule has 17 heteroatoms. The monoisotopic (exact) mass is 895 g/mol. The van der Waals surface area contributed by atoms with Crippen molar-refractivity contribution in [1.82, 2.24) is 29.6 Å². The number of likely N-dealkylation sites (tertiary alicyclic amines) is 2. The van der Waals surface area contributed by atoms with Gasteiger partial charge in [-0.05, 0) is 96.7 Å². The maximum absolute atomic E-state index is 14.2. The molecule has 0 saturated carbocycles. The number of carbonyl (C=O) groups excluding carboxylic acids is 4. The van der Waals surface area contributed by atoms with Crippen LogP contribution in [0.1, 0.15) is 127 Å². The third-order valence-electron chi connectivity index (χ3n) is 13.9. The fraction of sp³-hybridized carbons (Fsp3) is 0.542. The van der Waals surface area contributed by atoms with Gasteiger partial charge in [0.15, 0.2) is 11.1 Å². The van der Waals surface area contributed by atoms with Gasteiger partial charge in [0.2, 0.25) is 23.6 Å². The number of nitrogens with two attached hydrogens (primary N) is 2. The van der Waals surface area contributed by atoms with E-state index in [1.807, 2.05) is 12.1 Å². The molecule has 0 radical (unpaired) electrons. The molecule has 0 spiro atoms. The predicted octanol–water partition coefficient (Wildman–Crippen LogP) is 5.73. The Bertz CT molecular complexity index is 2150. The van der Waals surface area contributed by atoms with Crippen LogP contribution in [-0.2, 0) is 35.7 Å². The number of nitrogens with zero attached hydrogens (tertiary/aromatic N) is 7. The Morgan fingerprint density at radius 2 is 1.05 bits per heavy atom. The van der Waals surface area contributed by atoms with Crippen LogP contribution >= 0.6 is 0 Å². The summed E-state index contributed by atoms with van der Waals surface area (Å²) in [6.07, 6.45) is 3.78. The highest BCUT2D eigenvalue weighted by molar-refractivity contribution is 5.95. The van der Waals surface area contributed by atoms with Gasteiger partial charge in [-0.25, -0.2) is 9.59 Å². The molecule has 5 heterocycles. The molecular weight excluding hydrogens is 831 g/mol. The van der Waals surface area contributed by atoms with Crippen molar-refractivity contribution in [1.29, 1.82) is 0 Å². The SMILES string of the molecule is CC(C)[C@@H](C(=O)N1CCC[C@@]1(C(N)=O)c1ccc([C@@H]2CC[C@@H](c3ccc([C@]4(C(N)=O)CCCN4C(=O)[C@H](C(C)C)N(C)C(=O)O)nc3)N2c2ccc(C(C)(C)C)cc2)cn1)N(C)C(=O)O. The molecule has 3 aliphatic rings. The van der Waals surface area contributed by atoms with E-state index in [2.05, 4.69) is 49.9 Å². The molecule has 3 fully saturated rings. The molecule has 2 aromatic heterocycles. The van der Waals surface area contributed by atoms with Crippen LogP contribution < -0.4 is 16.4 Å². The highest BCUT2D eigenvalue weighted by Crippen LogP contribution is 2.48. The van der Waals surface area contributed by atoms with Crippen molar-refractivity contribution in [2.75, 3.05) is 32.1 Å². The Labute approximate surface area is 381 Å². The Morgan fingerprint density at radius 3 is 1.34 bits per heavy atom. The summed E-state index contributed by atoms with van der Waals surface area (Å²) in [5.41, 5.74) is 13.5. The summed E-state index contributed by atoms with van der Waals surface area (Å²) in [5.74, 6) is -3.24. The van der Waals surface area contributed by atoms with E-state index >= 15 is 0 Å². The van der Waals surface area contributed by atoms with Gasteiger partial charge >= 0.3 is 12.2 Å². The number of benzene rings is 1. The highest BCUT2D eigenvalue weighted by atomic mass is 16.4. The number of likely N-dealkylation sites (N-methyl/N-ethyl adjacent to an activating group) is 2. The van der Waals surface area contributed by atoms with E-state index in [0.717, 1.165) is 32.2 Å². The molecular formula is C48H65N9O8. The minimum Gasteiger partial charge on any atom is -0.465 e. The number of carboxylic acid groups (broad SMARTS) is 2. The summed E-state index contributed by atoms with van der Waals surface area (Å²) in [4.78, 5) is 96.2. The summed E-state index contributed by atoms with van der Waals surface area (Å²) in [6.45, 7) is 13.9. The minimum absolute atomic E-state index is 0.0872. The second-order valence-electron chi connectivity index (χ2n) is 19.6. The summed E-state index contributed by atoms with van der Waals surface area (Å²) < 4.78 is 0. The van der Waals surface area contributed by atoms with Crippen LogP contribution in [0.2, 0.25) is 0 Å². The van der Waals surface area contributed by atoms with E-state index in [9.17, 15) is 39.0 Å². The molecule has 6 atom stereocenters. The first kappa shape index (κ1) is 48.2. The lowest BCUT2D eigenvalue weighted by Crippen LogP contribution is -2.60. The number of carbonyl (C=O) groups is 6. The van der Waals surface area contributed by atoms with Gasteiger partial charge in [-0.1, -0.05) is 72.7 Å². The van der Waals surface area contributed by atoms with Crippen molar-refractivity contribution in [3.8, 4) is 0 Å². The van der Waals surface area contributed by atoms with E-state index in [-0.39, 0.29) is 55.3 Å². The van der Waals surface area contributed by atoms with E-state index < -0.39 is 59.0 Å². The highest BCUT2D eigenvalue weighted by Gasteiger charge is 2.55. The standard InChI is InChI=1S/C48H65N9O8/c1-28(2)38(53(8)44(62)63)40(58)55-24-10-22-47(55,42(49)60)36-20-12-30(26-51-36)34-18-19-35(57(34)33-16-14-32(15-17-33)46(5,6)7)31-13-21-37(52-27-31)48(43(50)61)23-11-25-56(48)41(59)39(29(3)4)54(9)45(64)65/h12-17,20-21,26-29,34-35,38-39H,10-11,18-19,22-25H2,1-9H3,(H2,49,60)(H2,50,61)(H,62,63)(H,64,65)/t34-,35-,38-,39-,47-,48-/m0/s1. The Hall–Kier alpha value is -6.26. The first-order valence-electron chi connectivity index (χ1n) is 22.5. The fourth-order valence-electron chi connectivity index (χ4n) is 10.5. The number of primary amides is 2. The average molecular weight is 896 g/mol. The maximum Gasteiger partial charge on any atom is 0.407 e. The zero-order valence-electron chi connectivity index (χ0n) is 39.0. The Kier molecular flexibility index (Phi) is 13.6. The molecule has 17 nitrogen and oxygen atoms in total. The van der Waals surface area contributed by atoms with Gasteiger partial charge in [-0.15, -0.1) is 0 Å². The van der Waals surface area contributed by atoms with Crippen molar-refractivity contribution in [2.24, 2.45) is 23.3 Å². The summed E-state index contributed by atoms with van der Waals surface area (Å²) in [6, 6.07) is 13.3. The van der Waals surface area contributed by atoms with Gasteiger partial charge in [-0.3, -0.25) is 38.9 Å². The molecule has 6 rings (SSSR count). The topological polar surface area (TPSA) is 237 Å². The number of amides is 6. The minimum atomic E-state index is -1.57. The number of anilines is 1. The first-order valence-corrected chi connectivity index (χ1v) is 22.5. The van der Waals surface area contributed by atoms with E-state index in [4.69, 9.17) is 21.4 Å². The second-order valence-corrected chi connectivity index (χ2v) is 19.6. The van der Waals surface area contributed by atoms with Crippen LogP contribution in [0.25, 0.3) is 0 Å². The predicted molar refractivity (Wildman–Crippen MR) is 243 cm³/mol. The maximum atomic E-state index is 14.2. The van der Waals surface area contributed by atoms with E-state index in [1.165, 1.54) is 23.9 Å². The van der Waals surface area contributed by atoms with E-state index in [1.54, 1.807) is 52.2 Å². The molecule has 1 aromatic carbocycles. The van der Waals surface area contributed by atoms with Crippen molar-refractivity contribution in [3.63, 3.8) is 0 Å². The van der Waals surface area contributed by atoms with Gasteiger partial charge in [0.1, 0.15) is 12.1 Å². The lowest BCUT2D eigenvalue weighted by molar-refractivity contribution is -0.149. The molecule has 6 N–H and O–H groups in total. The van der Waals surface area contributed by atoms with Gasteiger partial charge in [0.05, 0.1) is 23.5 Å². The van der Waals surface area contributed by atoms with E-state index in [0.29, 0.717) is 37.1 Å². The Morgan fingerprint density at radius 1 is 0.662 bits per heavy atom. The molecule has 65 heavy (non-hydrogen) atoms. The molecule has 6 amide bonds. The van der Waals surface area contributed by atoms with Crippen LogP contribution in [0.4, 0.5) is 15.3 Å². The molecule has 0 aliphatic carbocycles. The molecule has 3 aliphatic heterocycles. The van der Waals surface area contributed by atoms with Gasteiger partial charge in [0, 0.05) is 45.3 Å². The van der Waals surface area contributed by atoms with Crippen molar-refractivity contribution in [3.05, 3.63) is 89.0 Å². The number of pyridine rings is 2. The molecule has 0 unspecified atom stereocenters. The van der Waals surface area contributed by atoms with Crippen molar-refractivity contribution < 1.29 is 39.0 Å². The molecule has 3 aromatic rings. The van der Waals surface area contributed by atoms with Gasteiger partial charge < -0.3 is 36.4 Å². The lowest BCUT2D eigenvalue weighted by Gasteiger charge is -2.40. The summed E-state index contributed by atoms with van der Waals surface area (Å²) in [5, 5.41) is 19.6. The fourth-order valence-corrected chi connectivity index (χ4v) is 10.5. The van der Waals surface area contributed by atoms with Gasteiger partial charge in [-0.2, -0.15) is 0 Å². The van der Waals surface area contributed by atoms with Crippen LogP contribution in [0.5, 0.6) is 0 Å². The summed E-state index contributed by atoms with van der Waals surface area (Å²) >= 11 is 0. The number of hydrogen-bond acceptors (Lipinski definition) is 9. The third kappa shape index (κ3) is 8.56. The van der Waals surface area contributed by atoms with Crippen LogP contribution in [0.15, 0.2) is 60.9 Å². The normalized spacial score (nSPS) is 23.2. The lowest BCUT2D eigenvalue weighted by atomic mass is 9.87. The van der Waals surface area contributed by atoms with Crippen LogP contribution in [0, 0.1) is 11.8 Å².